The van der Waals surface area contributed by atoms with Gasteiger partial charge in [0, 0.05) is 21.9 Å². The second-order valence-corrected chi connectivity index (χ2v) is 4.55. The summed E-state index contributed by atoms with van der Waals surface area (Å²) in [5.41, 5.74) is 2.22. The number of halogens is 1. The molecule has 0 spiro atoms. The predicted molar refractivity (Wildman–Crippen MR) is 68.0 cm³/mol. The van der Waals surface area contributed by atoms with E-state index in [0.717, 1.165) is 15.7 Å². The molecule has 0 saturated carbocycles. The summed E-state index contributed by atoms with van der Waals surface area (Å²) in [4.78, 5) is 15.9. The molecule has 0 bridgehead atoms. The Hall–Kier alpha value is -1.69. The molecule has 0 unspecified atom stereocenters. The number of nitrogens with one attached hydrogen (secondary N) is 2. The fraction of sp³-hybridized carbons (Fsp3) is 0.182. The lowest BCUT2D eigenvalue weighted by Gasteiger charge is -2.02. The molecule has 0 aliphatic heterocycles. The molecule has 0 saturated heterocycles. The Kier molecular flexibility index (Phi) is 3.23. The number of pyridine rings is 1. The van der Waals surface area contributed by atoms with Crippen molar-refractivity contribution in [3.05, 3.63) is 39.8 Å². The molecular formula is C11H11BrN4O. The lowest BCUT2D eigenvalue weighted by molar-refractivity contribution is 0.102. The summed E-state index contributed by atoms with van der Waals surface area (Å²) in [5, 5.41) is 9.52. The minimum Gasteiger partial charge on any atom is -0.304 e. The number of hydrogen-bond donors (Lipinski definition) is 2. The number of nitrogens with zero attached hydrogens (tertiary/aromatic N) is 2. The summed E-state index contributed by atoms with van der Waals surface area (Å²) in [6.07, 6.45) is 1.58. The summed E-state index contributed by atoms with van der Waals surface area (Å²) in [5.74, 6) is 0.268. The van der Waals surface area contributed by atoms with E-state index in [9.17, 15) is 4.79 Å². The van der Waals surface area contributed by atoms with Gasteiger partial charge in [0.2, 0.25) is 0 Å². The van der Waals surface area contributed by atoms with Gasteiger partial charge in [0.15, 0.2) is 5.82 Å². The molecule has 1 amide bonds. The maximum absolute atomic E-state index is 11.8. The zero-order valence-electron chi connectivity index (χ0n) is 9.41. The van der Waals surface area contributed by atoms with Crippen molar-refractivity contribution < 1.29 is 4.79 Å². The highest BCUT2D eigenvalue weighted by Crippen LogP contribution is 2.15. The van der Waals surface area contributed by atoms with Gasteiger partial charge < -0.3 is 5.32 Å². The zero-order chi connectivity index (χ0) is 12.4. The maximum atomic E-state index is 11.8. The van der Waals surface area contributed by atoms with Crippen LogP contribution in [0.5, 0.6) is 0 Å². The van der Waals surface area contributed by atoms with Crippen molar-refractivity contribution in [3.8, 4) is 0 Å². The van der Waals surface area contributed by atoms with E-state index in [4.69, 9.17) is 0 Å². The van der Waals surface area contributed by atoms with Gasteiger partial charge in [-0.3, -0.25) is 9.89 Å². The number of carbonyl (C=O) groups is 1. The van der Waals surface area contributed by atoms with E-state index < -0.39 is 0 Å². The van der Waals surface area contributed by atoms with Gasteiger partial charge in [-0.05, 0) is 41.9 Å². The lowest BCUT2D eigenvalue weighted by Crippen LogP contribution is -2.14. The number of carbonyl (C=O) groups excluding carboxylic acids is 1. The number of H-pyrrole nitrogens is 1. The number of amides is 1. The Morgan fingerprint density at radius 2 is 2.18 bits per heavy atom. The van der Waals surface area contributed by atoms with Crippen LogP contribution in [0.2, 0.25) is 0 Å². The Labute approximate surface area is 107 Å². The summed E-state index contributed by atoms with van der Waals surface area (Å²) < 4.78 is 0.834. The predicted octanol–water partition coefficient (Wildman–Crippen LogP) is 2.44. The van der Waals surface area contributed by atoms with Gasteiger partial charge in [0.1, 0.15) is 5.69 Å². The third-order valence-electron chi connectivity index (χ3n) is 2.45. The molecule has 5 nitrogen and oxygen atoms in total. The lowest BCUT2D eigenvalue weighted by atomic mass is 10.2. The van der Waals surface area contributed by atoms with Gasteiger partial charge >= 0.3 is 0 Å². The van der Waals surface area contributed by atoms with Crippen LogP contribution < -0.4 is 5.32 Å². The molecule has 2 N–H and O–H groups in total. The molecule has 2 heterocycles. The Morgan fingerprint density at radius 1 is 1.41 bits per heavy atom. The molecule has 2 aromatic heterocycles. The van der Waals surface area contributed by atoms with Crippen LogP contribution in [0.3, 0.4) is 0 Å². The van der Waals surface area contributed by atoms with Crippen LogP contribution in [0, 0.1) is 13.8 Å². The molecule has 0 aliphatic rings. The molecule has 0 aliphatic carbocycles. The molecule has 6 heteroatoms. The van der Waals surface area contributed by atoms with Crippen molar-refractivity contribution in [2.75, 3.05) is 5.32 Å². The van der Waals surface area contributed by atoms with E-state index in [1.807, 2.05) is 13.8 Å². The largest absolute Gasteiger partial charge is 0.304 e. The molecular weight excluding hydrogens is 284 g/mol. The average Bonchev–Trinajstić information content (AvgIpc) is 2.62. The van der Waals surface area contributed by atoms with Crippen LogP contribution in [0.25, 0.3) is 0 Å². The summed E-state index contributed by atoms with van der Waals surface area (Å²) in [6.45, 7) is 3.79. The monoisotopic (exact) mass is 294 g/mol. The highest BCUT2D eigenvalue weighted by Gasteiger charge is 2.11. The number of anilines is 1. The van der Waals surface area contributed by atoms with E-state index >= 15 is 0 Å². The minimum absolute atomic E-state index is 0.271. The quantitative estimate of drug-likeness (QED) is 0.894. The third-order valence-corrected chi connectivity index (χ3v) is 2.91. The van der Waals surface area contributed by atoms with Gasteiger partial charge in [-0.1, -0.05) is 0 Å². The van der Waals surface area contributed by atoms with Gasteiger partial charge in [0.05, 0.1) is 0 Å². The van der Waals surface area contributed by atoms with Crippen molar-refractivity contribution in [2.45, 2.75) is 13.8 Å². The highest BCUT2D eigenvalue weighted by molar-refractivity contribution is 9.10. The van der Waals surface area contributed by atoms with E-state index in [2.05, 4.69) is 36.4 Å². The van der Waals surface area contributed by atoms with Gasteiger partial charge in [-0.2, -0.15) is 5.10 Å². The summed E-state index contributed by atoms with van der Waals surface area (Å²) in [7, 11) is 0. The number of rotatable bonds is 2. The molecule has 88 valence electrons. The van der Waals surface area contributed by atoms with E-state index in [0.29, 0.717) is 11.5 Å². The zero-order valence-corrected chi connectivity index (χ0v) is 11.0. The van der Waals surface area contributed by atoms with Crippen molar-refractivity contribution in [1.82, 2.24) is 15.2 Å². The topological polar surface area (TPSA) is 70.7 Å². The SMILES string of the molecule is Cc1[nH]nc(NC(=O)c2ccc(Br)cn2)c1C. The fourth-order valence-corrected chi connectivity index (χ4v) is 1.52. The van der Waals surface area contributed by atoms with Crippen LogP contribution in [-0.2, 0) is 0 Å². The number of hydrogen-bond acceptors (Lipinski definition) is 3. The average molecular weight is 295 g/mol. The van der Waals surface area contributed by atoms with Crippen molar-refractivity contribution >= 4 is 27.7 Å². The van der Waals surface area contributed by atoms with Crippen LogP contribution in [-0.4, -0.2) is 21.1 Å². The summed E-state index contributed by atoms with van der Waals surface area (Å²) in [6, 6.07) is 3.42. The van der Waals surface area contributed by atoms with Gasteiger partial charge in [-0.25, -0.2) is 4.98 Å². The third kappa shape index (κ3) is 2.52. The second kappa shape index (κ2) is 4.67. The molecule has 17 heavy (non-hydrogen) atoms. The molecule has 0 atom stereocenters. The first kappa shape index (κ1) is 11.8. The number of aromatic amines is 1. The first-order valence-electron chi connectivity index (χ1n) is 5.02. The fourth-order valence-electron chi connectivity index (χ4n) is 1.29. The number of aromatic nitrogens is 3. The molecule has 0 aromatic carbocycles. The summed E-state index contributed by atoms with van der Waals surface area (Å²) >= 11 is 3.26. The first-order chi connectivity index (χ1) is 8.08. The van der Waals surface area contributed by atoms with Gasteiger partial charge in [-0.15, -0.1) is 0 Å². The standard InChI is InChI=1S/C11H11BrN4O/c1-6-7(2)15-16-10(6)14-11(17)9-4-3-8(12)5-13-9/h3-5H,1-2H3,(H2,14,15,16,17). The second-order valence-electron chi connectivity index (χ2n) is 3.64. The molecule has 2 aromatic rings. The molecule has 0 radical (unpaired) electrons. The van der Waals surface area contributed by atoms with Gasteiger partial charge in [0.25, 0.3) is 5.91 Å². The molecule has 2 rings (SSSR count). The Morgan fingerprint density at radius 3 is 2.71 bits per heavy atom. The van der Waals surface area contributed by atoms with Crippen molar-refractivity contribution in [1.29, 1.82) is 0 Å². The van der Waals surface area contributed by atoms with Crippen molar-refractivity contribution in [3.63, 3.8) is 0 Å². The first-order valence-corrected chi connectivity index (χ1v) is 5.81. The van der Waals surface area contributed by atoms with Crippen LogP contribution in [0.1, 0.15) is 21.7 Å². The maximum Gasteiger partial charge on any atom is 0.275 e. The normalized spacial score (nSPS) is 10.3. The van der Waals surface area contributed by atoms with Crippen LogP contribution in [0.4, 0.5) is 5.82 Å². The van der Waals surface area contributed by atoms with Crippen LogP contribution >= 0.6 is 15.9 Å². The van der Waals surface area contributed by atoms with Crippen LogP contribution in [0.15, 0.2) is 22.8 Å². The van der Waals surface area contributed by atoms with E-state index in [1.165, 1.54) is 0 Å². The Bertz CT molecular complexity index is 547. The number of aryl methyl sites for hydroxylation is 1. The smallest absolute Gasteiger partial charge is 0.275 e. The minimum atomic E-state index is -0.271. The van der Waals surface area contributed by atoms with E-state index in [1.54, 1.807) is 18.3 Å². The highest BCUT2D eigenvalue weighted by atomic mass is 79.9. The van der Waals surface area contributed by atoms with E-state index in [-0.39, 0.29) is 5.91 Å². The Balaban J connectivity index is 2.17. The molecule has 0 fully saturated rings. The van der Waals surface area contributed by atoms with Crippen molar-refractivity contribution in [2.24, 2.45) is 0 Å².